The SMILES string of the molecule is [B]c1ccc(C(=O)N2CCN(c3ncc(C4CC4)cc3C)CC2)c(C#N)c1. The number of piperazine rings is 1. The van der Waals surface area contributed by atoms with Crippen molar-refractivity contribution >= 4 is 25.0 Å². The van der Waals surface area contributed by atoms with Crippen LogP contribution in [-0.2, 0) is 0 Å². The number of nitrogens with zero attached hydrogens (tertiary/aromatic N) is 4. The monoisotopic (exact) mass is 356 g/mol. The average Bonchev–Trinajstić information content (AvgIpc) is 3.53. The Bertz CT molecular complexity index is 924. The summed E-state index contributed by atoms with van der Waals surface area (Å²) in [7, 11) is 5.72. The highest BCUT2D eigenvalue weighted by molar-refractivity contribution is 6.32. The quantitative estimate of drug-likeness (QED) is 0.789. The Balaban J connectivity index is 1.45. The summed E-state index contributed by atoms with van der Waals surface area (Å²) in [5.74, 6) is 1.60. The minimum Gasteiger partial charge on any atom is -0.353 e. The van der Waals surface area contributed by atoms with E-state index in [0.29, 0.717) is 35.6 Å². The molecule has 0 N–H and O–H groups in total. The van der Waals surface area contributed by atoms with Gasteiger partial charge in [-0.3, -0.25) is 4.79 Å². The van der Waals surface area contributed by atoms with Crippen LogP contribution in [0.5, 0.6) is 0 Å². The summed E-state index contributed by atoms with van der Waals surface area (Å²) in [6.45, 7) is 4.80. The summed E-state index contributed by atoms with van der Waals surface area (Å²) in [5, 5.41) is 9.28. The molecule has 0 atom stereocenters. The summed E-state index contributed by atoms with van der Waals surface area (Å²) in [6, 6.07) is 9.19. The van der Waals surface area contributed by atoms with Crippen molar-refractivity contribution in [3.8, 4) is 6.07 Å². The Hall–Kier alpha value is -2.81. The van der Waals surface area contributed by atoms with Crippen LogP contribution in [0.3, 0.4) is 0 Å². The van der Waals surface area contributed by atoms with Gasteiger partial charge in [0.1, 0.15) is 13.7 Å². The van der Waals surface area contributed by atoms with Crippen LogP contribution in [0.1, 0.15) is 45.8 Å². The number of pyridine rings is 1. The van der Waals surface area contributed by atoms with Crippen LogP contribution in [0.2, 0.25) is 0 Å². The highest BCUT2D eigenvalue weighted by Gasteiger charge is 2.27. The van der Waals surface area contributed by atoms with E-state index in [4.69, 9.17) is 12.8 Å². The molecule has 1 saturated heterocycles. The predicted molar refractivity (Wildman–Crippen MR) is 106 cm³/mol. The van der Waals surface area contributed by atoms with Gasteiger partial charge in [-0.1, -0.05) is 23.7 Å². The molecule has 5 nitrogen and oxygen atoms in total. The lowest BCUT2D eigenvalue weighted by Crippen LogP contribution is -2.49. The number of benzene rings is 1. The van der Waals surface area contributed by atoms with E-state index in [-0.39, 0.29) is 5.91 Å². The lowest BCUT2D eigenvalue weighted by molar-refractivity contribution is 0.0746. The van der Waals surface area contributed by atoms with Gasteiger partial charge in [0, 0.05) is 32.4 Å². The lowest BCUT2D eigenvalue weighted by Gasteiger charge is -2.36. The topological polar surface area (TPSA) is 60.2 Å². The van der Waals surface area contributed by atoms with E-state index in [1.54, 1.807) is 23.1 Å². The molecule has 0 unspecified atom stereocenters. The van der Waals surface area contributed by atoms with E-state index in [0.717, 1.165) is 18.9 Å². The molecule has 2 heterocycles. The molecule has 2 aliphatic rings. The summed E-state index contributed by atoms with van der Waals surface area (Å²) in [5.41, 5.74) is 3.78. The number of amides is 1. The molecular weight excluding hydrogens is 335 g/mol. The van der Waals surface area contributed by atoms with E-state index in [1.807, 2.05) is 6.20 Å². The van der Waals surface area contributed by atoms with E-state index in [9.17, 15) is 10.1 Å². The molecule has 1 aliphatic carbocycles. The number of aromatic nitrogens is 1. The number of rotatable bonds is 3. The normalized spacial score (nSPS) is 16.9. The molecular formula is C21H21BN4O. The Morgan fingerprint density at radius 3 is 2.59 bits per heavy atom. The van der Waals surface area contributed by atoms with Gasteiger partial charge in [0.15, 0.2) is 0 Å². The average molecular weight is 356 g/mol. The van der Waals surface area contributed by atoms with E-state index in [1.165, 1.54) is 24.0 Å². The van der Waals surface area contributed by atoms with Gasteiger partial charge >= 0.3 is 0 Å². The first kappa shape index (κ1) is 17.6. The van der Waals surface area contributed by atoms with Crippen LogP contribution in [0.25, 0.3) is 0 Å². The van der Waals surface area contributed by atoms with Crippen molar-refractivity contribution in [1.29, 1.82) is 5.26 Å². The highest BCUT2D eigenvalue weighted by Crippen LogP contribution is 2.40. The van der Waals surface area contributed by atoms with Crippen molar-refractivity contribution in [1.82, 2.24) is 9.88 Å². The summed E-state index contributed by atoms with van der Waals surface area (Å²) in [4.78, 5) is 21.6. The third-order valence-electron chi connectivity index (χ3n) is 5.38. The molecule has 1 aliphatic heterocycles. The summed E-state index contributed by atoms with van der Waals surface area (Å²) < 4.78 is 0. The predicted octanol–water partition coefficient (Wildman–Crippen LogP) is 1.90. The number of hydrogen-bond acceptors (Lipinski definition) is 4. The zero-order valence-electron chi connectivity index (χ0n) is 15.5. The number of nitriles is 1. The maximum atomic E-state index is 12.8. The molecule has 134 valence electrons. The summed E-state index contributed by atoms with van der Waals surface area (Å²) >= 11 is 0. The van der Waals surface area contributed by atoms with Gasteiger partial charge in [0.05, 0.1) is 17.2 Å². The van der Waals surface area contributed by atoms with E-state index < -0.39 is 0 Å². The Kier molecular flexibility index (Phi) is 4.61. The molecule has 27 heavy (non-hydrogen) atoms. The van der Waals surface area contributed by atoms with Gasteiger partial charge in [0.2, 0.25) is 0 Å². The Morgan fingerprint density at radius 2 is 1.96 bits per heavy atom. The second kappa shape index (κ2) is 7.07. The second-order valence-electron chi connectivity index (χ2n) is 7.38. The maximum Gasteiger partial charge on any atom is 0.255 e. The van der Waals surface area contributed by atoms with Crippen molar-refractivity contribution < 1.29 is 4.79 Å². The first-order valence-corrected chi connectivity index (χ1v) is 9.37. The standard InChI is InChI=1S/C21H21BN4O/c1-14-10-17(15-2-3-15)13-24-20(14)25-6-8-26(9-7-25)21(27)19-5-4-18(22)11-16(19)12-23/h4-5,10-11,13,15H,2-3,6-9H2,1H3. The van der Waals surface area contributed by atoms with Gasteiger partial charge in [-0.05, 0) is 42.9 Å². The van der Waals surface area contributed by atoms with Crippen LogP contribution in [0, 0.1) is 18.3 Å². The zero-order chi connectivity index (χ0) is 19.0. The molecule has 2 fully saturated rings. The molecule has 2 radical (unpaired) electrons. The molecule has 2 aromatic rings. The van der Waals surface area contributed by atoms with Crippen LogP contribution < -0.4 is 10.4 Å². The van der Waals surface area contributed by atoms with E-state index >= 15 is 0 Å². The van der Waals surface area contributed by atoms with Crippen molar-refractivity contribution in [2.45, 2.75) is 25.7 Å². The Labute approximate surface area is 161 Å². The lowest BCUT2D eigenvalue weighted by atomic mass is 9.92. The van der Waals surface area contributed by atoms with Crippen molar-refractivity contribution in [2.24, 2.45) is 0 Å². The summed E-state index contributed by atoms with van der Waals surface area (Å²) in [6.07, 6.45) is 4.55. The number of anilines is 1. The van der Waals surface area contributed by atoms with Gasteiger partial charge in [0.25, 0.3) is 5.91 Å². The third kappa shape index (κ3) is 3.55. The second-order valence-corrected chi connectivity index (χ2v) is 7.38. The van der Waals surface area contributed by atoms with Crippen LogP contribution in [0.15, 0.2) is 30.5 Å². The molecule has 6 heteroatoms. The van der Waals surface area contributed by atoms with Gasteiger partial charge < -0.3 is 9.80 Å². The van der Waals surface area contributed by atoms with Crippen molar-refractivity contribution in [2.75, 3.05) is 31.1 Å². The van der Waals surface area contributed by atoms with Crippen LogP contribution in [-0.4, -0.2) is 49.8 Å². The smallest absolute Gasteiger partial charge is 0.255 e. The molecule has 1 saturated carbocycles. The largest absolute Gasteiger partial charge is 0.353 e. The Morgan fingerprint density at radius 1 is 1.22 bits per heavy atom. The molecule has 0 spiro atoms. The molecule has 4 rings (SSSR count). The fourth-order valence-electron chi connectivity index (χ4n) is 3.69. The zero-order valence-corrected chi connectivity index (χ0v) is 15.5. The van der Waals surface area contributed by atoms with Crippen LogP contribution in [0.4, 0.5) is 5.82 Å². The highest BCUT2D eigenvalue weighted by atomic mass is 16.2. The minimum absolute atomic E-state index is 0.111. The molecule has 1 aromatic heterocycles. The number of aryl methyl sites for hydroxylation is 1. The first-order chi connectivity index (χ1) is 13.1. The first-order valence-electron chi connectivity index (χ1n) is 9.37. The third-order valence-corrected chi connectivity index (χ3v) is 5.38. The number of carbonyl (C=O) groups is 1. The minimum atomic E-state index is -0.111. The molecule has 1 amide bonds. The molecule has 0 bridgehead atoms. The van der Waals surface area contributed by atoms with Crippen LogP contribution >= 0.6 is 0 Å². The van der Waals surface area contributed by atoms with E-state index in [2.05, 4.69) is 24.0 Å². The maximum absolute atomic E-state index is 12.8. The number of hydrogen-bond donors (Lipinski definition) is 0. The number of carbonyl (C=O) groups excluding carboxylic acids is 1. The van der Waals surface area contributed by atoms with Gasteiger partial charge in [-0.25, -0.2) is 4.98 Å². The van der Waals surface area contributed by atoms with Crippen molar-refractivity contribution in [3.63, 3.8) is 0 Å². The fraction of sp³-hybridized carbons (Fsp3) is 0.381. The van der Waals surface area contributed by atoms with Gasteiger partial charge in [-0.2, -0.15) is 5.26 Å². The fourth-order valence-corrected chi connectivity index (χ4v) is 3.69. The molecule has 1 aromatic carbocycles. The van der Waals surface area contributed by atoms with Gasteiger partial charge in [-0.15, -0.1) is 0 Å². The van der Waals surface area contributed by atoms with Crippen molar-refractivity contribution in [3.05, 3.63) is 52.7 Å².